The van der Waals surface area contributed by atoms with E-state index in [0.29, 0.717) is 0 Å². The monoisotopic (exact) mass is 552 g/mol. The summed E-state index contributed by atoms with van der Waals surface area (Å²) in [5.74, 6) is -9.31. The van der Waals surface area contributed by atoms with Crippen molar-refractivity contribution in [2.24, 2.45) is 17.8 Å². The first-order valence-corrected chi connectivity index (χ1v) is 14.7. The summed E-state index contributed by atoms with van der Waals surface area (Å²) in [7, 11) is -9.70. The molecule has 0 radical (unpaired) electrons. The second-order valence-corrected chi connectivity index (χ2v) is 13.9. The molecule has 196 valence electrons. The molecule has 2 aliphatic carbocycles. The first kappa shape index (κ1) is 25.9. The van der Waals surface area contributed by atoms with E-state index in [1.165, 1.54) is 36.4 Å². The van der Waals surface area contributed by atoms with Gasteiger partial charge in [0.15, 0.2) is 0 Å². The molecule has 0 heterocycles. The van der Waals surface area contributed by atoms with Crippen LogP contribution in [0.2, 0.25) is 0 Å². The summed E-state index contributed by atoms with van der Waals surface area (Å²) < 4.78 is 94.3. The van der Waals surface area contributed by atoms with Crippen molar-refractivity contribution in [3.05, 3.63) is 91.0 Å². The standard InChI is InChI=1S/C27H24F4O4S2/c28-26(29,24-17-19-16-23(24)25(32)18-19)27(30,31)37(33,34)35-36(20-10-4-1-5-11-20,21-12-6-2-7-13-21)22-14-8-3-9-15-22/h1-15,19,23-24H,16-18H2. The zero-order valence-corrected chi connectivity index (χ0v) is 21.1. The average molecular weight is 553 g/mol. The van der Waals surface area contributed by atoms with Crippen LogP contribution in [0.25, 0.3) is 0 Å². The van der Waals surface area contributed by atoms with E-state index in [4.69, 9.17) is 3.63 Å². The van der Waals surface area contributed by atoms with Crippen LogP contribution in [0, 0.1) is 17.8 Å². The number of carbonyl (C=O) groups is 1. The molecule has 3 unspecified atom stereocenters. The van der Waals surface area contributed by atoms with Gasteiger partial charge in [0, 0.05) is 32.9 Å². The predicted molar refractivity (Wildman–Crippen MR) is 131 cm³/mol. The zero-order chi connectivity index (χ0) is 26.5. The summed E-state index contributed by atoms with van der Waals surface area (Å²) in [6.45, 7) is 0. The van der Waals surface area contributed by atoms with Crippen molar-refractivity contribution in [1.29, 1.82) is 0 Å². The van der Waals surface area contributed by atoms with E-state index in [0.717, 1.165) is 0 Å². The number of rotatable bonds is 8. The first-order valence-electron chi connectivity index (χ1n) is 11.7. The molecule has 2 bridgehead atoms. The van der Waals surface area contributed by atoms with Crippen LogP contribution in [-0.2, 0) is 18.5 Å². The highest BCUT2D eigenvalue weighted by Crippen LogP contribution is 2.71. The molecule has 0 amide bonds. The number of benzene rings is 3. The van der Waals surface area contributed by atoms with Crippen LogP contribution in [0.15, 0.2) is 106 Å². The number of Topliss-reactive ketones (excluding diaryl/α,β-unsaturated/α-hetero) is 1. The number of fused-ring (bicyclic) bond motifs is 2. The van der Waals surface area contributed by atoms with Gasteiger partial charge in [-0.2, -0.15) is 26.0 Å². The maximum atomic E-state index is 15.6. The summed E-state index contributed by atoms with van der Waals surface area (Å²) in [5, 5.41) is -5.58. The Morgan fingerprint density at radius 2 is 1.14 bits per heavy atom. The van der Waals surface area contributed by atoms with Gasteiger partial charge in [-0.05, 0) is 65.5 Å². The second-order valence-electron chi connectivity index (χ2n) is 9.38. The van der Waals surface area contributed by atoms with Crippen LogP contribution in [0.3, 0.4) is 0 Å². The third kappa shape index (κ3) is 4.09. The van der Waals surface area contributed by atoms with E-state index in [1.807, 2.05) is 0 Å². The fourth-order valence-corrected chi connectivity index (χ4v) is 10.7. The third-order valence-electron chi connectivity index (χ3n) is 7.15. The number of halogens is 4. The summed E-state index contributed by atoms with van der Waals surface area (Å²) in [4.78, 5) is 12.8. The summed E-state index contributed by atoms with van der Waals surface area (Å²) >= 11 is 0. The lowest BCUT2D eigenvalue weighted by Crippen LogP contribution is -2.54. The third-order valence-corrected chi connectivity index (χ3v) is 12.4. The van der Waals surface area contributed by atoms with E-state index >= 15 is 17.6 Å². The lowest BCUT2D eigenvalue weighted by atomic mass is 9.83. The van der Waals surface area contributed by atoms with Gasteiger partial charge in [0.05, 0.1) is 0 Å². The van der Waals surface area contributed by atoms with Crippen LogP contribution in [0.1, 0.15) is 19.3 Å². The highest BCUT2D eigenvalue weighted by molar-refractivity contribution is 8.33. The fraction of sp³-hybridized carbons (Fsp3) is 0.296. The van der Waals surface area contributed by atoms with Crippen molar-refractivity contribution in [2.75, 3.05) is 0 Å². The van der Waals surface area contributed by atoms with Gasteiger partial charge in [-0.1, -0.05) is 54.6 Å². The maximum absolute atomic E-state index is 15.6. The van der Waals surface area contributed by atoms with Gasteiger partial charge in [0.1, 0.15) is 5.78 Å². The maximum Gasteiger partial charge on any atom is 0.432 e. The first-order chi connectivity index (χ1) is 17.5. The van der Waals surface area contributed by atoms with E-state index < -0.39 is 55.1 Å². The summed E-state index contributed by atoms with van der Waals surface area (Å²) in [6, 6.07) is 23.7. The molecule has 2 aliphatic rings. The molecule has 2 saturated carbocycles. The molecule has 4 nitrogen and oxygen atoms in total. The van der Waals surface area contributed by atoms with E-state index in [-0.39, 0.29) is 33.9 Å². The smallest absolute Gasteiger partial charge is 0.299 e. The Bertz CT molecular complexity index is 1290. The molecule has 0 N–H and O–H groups in total. The molecule has 5 rings (SSSR count). The van der Waals surface area contributed by atoms with Crippen LogP contribution >= 0.6 is 10.3 Å². The van der Waals surface area contributed by atoms with Gasteiger partial charge in [0.25, 0.3) is 0 Å². The van der Waals surface area contributed by atoms with Crippen molar-refractivity contribution >= 4 is 26.2 Å². The predicted octanol–water partition coefficient (Wildman–Crippen LogP) is 7.07. The van der Waals surface area contributed by atoms with Crippen molar-refractivity contribution in [1.82, 2.24) is 0 Å². The second kappa shape index (κ2) is 9.25. The highest BCUT2D eigenvalue weighted by atomic mass is 32.3. The number of ketones is 1. The molecule has 3 aromatic rings. The van der Waals surface area contributed by atoms with Gasteiger partial charge < -0.3 is 0 Å². The SMILES string of the molecule is O=C1CC2CC1C(C(F)(F)C(F)(F)S(=O)(=O)OS(c1ccccc1)(c1ccccc1)c1ccccc1)C2. The largest absolute Gasteiger partial charge is 0.432 e. The Kier molecular flexibility index (Phi) is 6.49. The van der Waals surface area contributed by atoms with Crippen LogP contribution in [-0.4, -0.2) is 25.4 Å². The number of hydrogen-bond acceptors (Lipinski definition) is 4. The highest BCUT2D eigenvalue weighted by Gasteiger charge is 2.74. The summed E-state index contributed by atoms with van der Waals surface area (Å²) in [5.41, 5.74) is 0. The summed E-state index contributed by atoms with van der Waals surface area (Å²) in [6.07, 6.45) is -0.193. The minimum absolute atomic E-state index is 0.0648. The molecule has 10 heteroatoms. The van der Waals surface area contributed by atoms with Gasteiger partial charge in [-0.15, -0.1) is 0 Å². The number of hydrogen-bond donors (Lipinski definition) is 0. The van der Waals surface area contributed by atoms with Gasteiger partial charge in [-0.25, -0.2) is 3.63 Å². The molecular weight excluding hydrogens is 528 g/mol. The number of alkyl halides is 4. The number of carbonyl (C=O) groups excluding carboxylic acids is 1. The molecule has 0 saturated heterocycles. The molecule has 0 aromatic heterocycles. The molecule has 0 spiro atoms. The minimum Gasteiger partial charge on any atom is -0.299 e. The fourth-order valence-electron chi connectivity index (χ4n) is 5.42. The van der Waals surface area contributed by atoms with Crippen molar-refractivity contribution in [3.63, 3.8) is 0 Å². The molecule has 2 fully saturated rings. The Labute approximate surface area is 214 Å². The lowest BCUT2D eigenvalue weighted by Gasteiger charge is -2.41. The Hall–Kier alpha value is -2.69. The van der Waals surface area contributed by atoms with E-state index in [9.17, 15) is 13.2 Å². The normalized spacial score (nSPS) is 22.8. The van der Waals surface area contributed by atoms with Crippen molar-refractivity contribution in [3.8, 4) is 0 Å². The average Bonchev–Trinajstić information content (AvgIpc) is 3.49. The van der Waals surface area contributed by atoms with Crippen molar-refractivity contribution < 1.29 is 34.4 Å². The van der Waals surface area contributed by atoms with E-state index in [2.05, 4.69) is 0 Å². The Morgan fingerprint density at radius 1 is 0.703 bits per heavy atom. The lowest BCUT2D eigenvalue weighted by molar-refractivity contribution is -0.202. The molecular formula is C27H24F4O4S2. The molecule has 3 atom stereocenters. The van der Waals surface area contributed by atoms with Crippen LogP contribution in [0.5, 0.6) is 0 Å². The zero-order valence-electron chi connectivity index (χ0n) is 19.5. The minimum atomic E-state index is -6.25. The van der Waals surface area contributed by atoms with Gasteiger partial charge in [-0.3, -0.25) is 4.79 Å². The molecule has 37 heavy (non-hydrogen) atoms. The molecule has 0 aliphatic heterocycles. The van der Waals surface area contributed by atoms with E-state index in [1.54, 1.807) is 54.6 Å². The Balaban J connectivity index is 1.66. The van der Waals surface area contributed by atoms with Crippen molar-refractivity contribution in [2.45, 2.75) is 45.1 Å². The van der Waals surface area contributed by atoms with Crippen LogP contribution in [0.4, 0.5) is 17.6 Å². The quantitative estimate of drug-likeness (QED) is 0.281. The van der Waals surface area contributed by atoms with Crippen LogP contribution < -0.4 is 0 Å². The van der Waals surface area contributed by atoms with Gasteiger partial charge in [0.2, 0.25) is 0 Å². The molecule has 3 aromatic carbocycles. The van der Waals surface area contributed by atoms with Gasteiger partial charge >= 0.3 is 21.3 Å². The topological polar surface area (TPSA) is 60.4 Å². The Morgan fingerprint density at radius 3 is 1.51 bits per heavy atom.